The van der Waals surface area contributed by atoms with E-state index in [4.69, 9.17) is 0 Å². The lowest BCUT2D eigenvalue weighted by atomic mass is 10.1. The average Bonchev–Trinajstić information content (AvgIpc) is 2.63. The number of alkyl halides is 3. The molecule has 2 amide bonds. The molecule has 0 saturated heterocycles. The number of carbonyl (C=O) groups is 2. The summed E-state index contributed by atoms with van der Waals surface area (Å²) >= 11 is 0. The molecule has 0 fully saturated rings. The van der Waals surface area contributed by atoms with Gasteiger partial charge in [0.2, 0.25) is 11.8 Å². The summed E-state index contributed by atoms with van der Waals surface area (Å²) in [6.07, 6.45) is -4.63. The van der Waals surface area contributed by atoms with Crippen LogP contribution in [0.25, 0.3) is 0 Å². The number of para-hydroxylation sites is 1. The van der Waals surface area contributed by atoms with Crippen LogP contribution in [0.15, 0.2) is 54.6 Å². The lowest BCUT2D eigenvalue weighted by Crippen LogP contribution is -2.45. The molecule has 4 nitrogen and oxygen atoms in total. The van der Waals surface area contributed by atoms with Gasteiger partial charge in [-0.3, -0.25) is 9.59 Å². The van der Waals surface area contributed by atoms with Crippen LogP contribution in [0.3, 0.4) is 0 Å². The quantitative estimate of drug-likeness (QED) is 0.727. The van der Waals surface area contributed by atoms with Gasteiger partial charge in [-0.1, -0.05) is 42.5 Å². The molecular formula is C21H23F3N2O2. The Morgan fingerprint density at radius 2 is 1.54 bits per heavy atom. The maximum absolute atomic E-state index is 13.4. The number of hydrogen-bond donors (Lipinski definition) is 0. The summed E-state index contributed by atoms with van der Waals surface area (Å²) in [6.45, 7) is 4.64. The van der Waals surface area contributed by atoms with E-state index in [1.54, 1.807) is 4.90 Å². The molecule has 0 spiro atoms. The highest BCUT2D eigenvalue weighted by molar-refractivity contribution is 5.98. The van der Waals surface area contributed by atoms with Gasteiger partial charge in [0.05, 0.1) is 11.3 Å². The second-order valence-corrected chi connectivity index (χ2v) is 6.72. The van der Waals surface area contributed by atoms with Gasteiger partial charge in [-0.15, -0.1) is 0 Å². The molecule has 150 valence electrons. The fourth-order valence-corrected chi connectivity index (χ4v) is 2.88. The average molecular weight is 392 g/mol. The molecule has 2 aromatic carbocycles. The summed E-state index contributed by atoms with van der Waals surface area (Å²) < 4.78 is 40.1. The molecule has 2 rings (SSSR count). The van der Waals surface area contributed by atoms with Crippen LogP contribution in [0.1, 0.15) is 31.9 Å². The molecule has 28 heavy (non-hydrogen) atoms. The van der Waals surface area contributed by atoms with Gasteiger partial charge in [-0.05, 0) is 31.5 Å². The monoisotopic (exact) mass is 392 g/mol. The Bertz CT molecular complexity index is 820. The van der Waals surface area contributed by atoms with Gasteiger partial charge >= 0.3 is 6.18 Å². The molecule has 0 bridgehead atoms. The SMILES string of the molecule is CC(=O)N(CC(=O)N(Cc1ccccc1)C(C)C)c1ccccc1C(F)(F)F. The van der Waals surface area contributed by atoms with E-state index in [0.717, 1.165) is 23.5 Å². The van der Waals surface area contributed by atoms with E-state index >= 15 is 0 Å². The number of anilines is 1. The molecule has 2 aromatic rings. The fraction of sp³-hybridized carbons (Fsp3) is 0.333. The van der Waals surface area contributed by atoms with E-state index in [0.29, 0.717) is 6.54 Å². The first kappa shape index (κ1) is 21.5. The van der Waals surface area contributed by atoms with Crippen molar-refractivity contribution in [1.29, 1.82) is 0 Å². The third-order valence-electron chi connectivity index (χ3n) is 4.31. The lowest BCUT2D eigenvalue weighted by Gasteiger charge is -2.31. The standard InChI is InChI=1S/C21H23F3N2O2/c1-15(2)25(13-17-9-5-4-6-10-17)20(28)14-26(16(3)27)19-12-8-7-11-18(19)21(22,23)24/h4-12,15H,13-14H2,1-3H3. The lowest BCUT2D eigenvalue weighted by molar-refractivity contribution is -0.138. The van der Waals surface area contributed by atoms with Crippen molar-refractivity contribution in [3.05, 3.63) is 65.7 Å². The Kier molecular flexibility index (Phi) is 6.83. The van der Waals surface area contributed by atoms with E-state index in [9.17, 15) is 22.8 Å². The van der Waals surface area contributed by atoms with E-state index in [2.05, 4.69) is 0 Å². The van der Waals surface area contributed by atoms with Crippen molar-refractivity contribution in [2.45, 2.75) is 39.5 Å². The number of carbonyl (C=O) groups excluding carboxylic acids is 2. The third-order valence-corrected chi connectivity index (χ3v) is 4.31. The first-order valence-corrected chi connectivity index (χ1v) is 8.89. The topological polar surface area (TPSA) is 40.6 Å². The molecule has 0 aromatic heterocycles. The predicted molar refractivity (Wildman–Crippen MR) is 102 cm³/mol. The number of rotatable bonds is 6. The molecular weight excluding hydrogens is 369 g/mol. The Morgan fingerprint density at radius 1 is 0.964 bits per heavy atom. The molecule has 0 aliphatic heterocycles. The highest BCUT2D eigenvalue weighted by Gasteiger charge is 2.36. The van der Waals surface area contributed by atoms with Gasteiger partial charge in [-0.2, -0.15) is 13.2 Å². The van der Waals surface area contributed by atoms with Crippen LogP contribution in [0.4, 0.5) is 18.9 Å². The Labute approximate surface area is 162 Å². The van der Waals surface area contributed by atoms with E-state index < -0.39 is 30.1 Å². The minimum atomic E-state index is -4.63. The number of hydrogen-bond acceptors (Lipinski definition) is 2. The second kappa shape index (κ2) is 8.91. The number of nitrogens with zero attached hydrogens (tertiary/aromatic N) is 2. The highest BCUT2D eigenvalue weighted by atomic mass is 19.4. The van der Waals surface area contributed by atoms with Crippen LogP contribution in [-0.2, 0) is 22.3 Å². The zero-order valence-electron chi connectivity index (χ0n) is 16.0. The zero-order chi connectivity index (χ0) is 20.9. The maximum Gasteiger partial charge on any atom is 0.418 e. The van der Waals surface area contributed by atoms with E-state index in [1.807, 2.05) is 44.2 Å². The minimum absolute atomic E-state index is 0.181. The third kappa shape index (κ3) is 5.34. The smallest absolute Gasteiger partial charge is 0.334 e. The van der Waals surface area contributed by atoms with E-state index in [-0.39, 0.29) is 11.7 Å². The van der Waals surface area contributed by atoms with Gasteiger partial charge in [0, 0.05) is 19.5 Å². The van der Waals surface area contributed by atoms with Crippen molar-refractivity contribution in [2.24, 2.45) is 0 Å². The number of amides is 2. The molecule has 0 aliphatic carbocycles. The first-order chi connectivity index (χ1) is 13.1. The number of halogens is 3. The van der Waals surface area contributed by atoms with Gasteiger partial charge in [0.25, 0.3) is 0 Å². The van der Waals surface area contributed by atoms with Crippen LogP contribution in [0.2, 0.25) is 0 Å². The van der Waals surface area contributed by atoms with Crippen molar-refractivity contribution in [2.75, 3.05) is 11.4 Å². The van der Waals surface area contributed by atoms with Crippen molar-refractivity contribution in [3.63, 3.8) is 0 Å². The van der Waals surface area contributed by atoms with E-state index in [1.165, 1.54) is 18.2 Å². The van der Waals surface area contributed by atoms with Gasteiger partial charge < -0.3 is 9.80 Å². The minimum Gasteiger partial charge on any atom is -0.334 e. The Morgan fingerprint density at radius 3 is 2.07 bits per heavy atom. The number of benzene rings is 2. The summed E-state index contributed by atoms with van der Waals surface area (Å²) in [5.41, 5.74) is -0.369. The van der Waals surface area contributed by atoms with Crippen LogP contribution in [0, 0.1) is 0 Å². The molecule has 7 heteroatoms. The molecule has 0 atom stereocenters. The Hall–Kier alpha value is -2.83. The largest absolute Gasteiger partial charge is 0.418 e. The Balaban J connectivity index is 2.31. The molecule has 0 aliphatic rings. The maximum atomic E-state index is 13.4. The molecule has 0 heterocycles. The summed E-state index contributed by atoms with van der Waals surface area (Å²) in [7, 11) is 0. The molecule has 0 N–H and O–H groups in total. The van der Waals surface area contributed by atoms with Gasteiger partial charge in [-0.25, -0.2) is 0 Å². The highest BCUT2D eigenvalue weighted by Crippen LogP contribution is 2.36. The summed E-state index contributed by atoms with van der Waals surface area (Å²) in [6, 6.07) is 13.9. The fourth-order valence-electron chi connectivity index (χ4n) is 2.88. The van der Waals surface area contributed by atoms with Crippen molar-refractivity contribution in [3.8, 4) is 0 Å². The van der Waals surface area contributed by atoms with Crippen molar-refractivity contribution >= 4 is 17.5 Å². The van der Waals surface area contributed by atoms with Gasteiger partial charge in [0.1, 0.15) is 6.54 Å². The molecule has 0 radical (unpaired) electrons. The molecule has 0 saturated carbocycles. The van der Waals surface area contributed by atoms with Gasteiger partial charge in [0.15, 0.2) is 0 Å². The zero-order valence-corrected chi connectivity index (χ0v) is 16.0. The normalized spacial score (nSPS) is 11.4. The van der Waals surface area contributed by atoms with Crippen molar-refractivity contribution < 1.29 is 22.8 Å². The van der Waals surface area contributed by atoms with Crippen LogP contribution < -0.4 is 4.90 Å². The summed E-state index contributed by atoms with van der Waals surface area (Å²) in [5.74, 6) is -1.06. The van der Waals surface area contributed by atoms with Crippen LogP contribution >= 0.6 is 0 Å². The summed E-state index contributed by atoms with van der Waals surface area (Å²) in [4.78, 5) is 27.4. The molecule has 0 unspecified atom stereocenters. The van der Waals surface area contributed by atoms with Crippen molar-refractivity contribution in [1.82, 2.24) is 4.90 Å². The predicted octanol–water partition coefficient (Wildman–Crippen LogP) is 4.50. The first-order valence-electron chi connectivity index (χ1n) is 8.89. The van der Waals surface area contributed by atoms with Crippen LogP contribution in [0.5, 0.6) is 0 Å². The van der Waals surface area contributed by atoms with Crippen LogP contribution in [-0.4, -0.2) is 29.3 Å². The second-order valence-electron chi connectivity index (χ2n) is 6.72. The summed E-state index contributed by atoms with van der Waals surface area (Å²) in [5, 5.41) is 0.